The second kappa shape index (κ2) is 11.7. The Kier molecular flexibility index (Phi) is 9.02. The summed E-state index contributed by atoms with van der Waals surface area (Å²) in [5, 5.41) is 16.6. The number of aliphatic carboxylic acids is 1. The van der Waals surface area contributed by atoms with E-state index in [9.17, 15) is 14.3 Å². The molecular weight excluding hydrogens is 439 g/mol. The van der Waals surface area contributed by atoms with E-state index >= 15 is 0 Å². The van der Waals surface area contributed by atoms with Crippen LogP contribution in [0.4, 0.5) is 21.5 Å². The van der Waals surface area contributed by atoms with Crippen molar-refractivity contribution in [3.63, 3.8) is 0 Å². The largest absolute Gasteiger partial charge is 0.481 e. The summed E-state index contributed by atoms with van der Waals surface area (Å²) in [4.78, 5) is 11.4. The smallest absolute Gasteiger partial charge is 0.303 e. The maximum atomic E-state index is 14.1. The van der Waals surface area contributed by atoms with Crippen LogP contribution in [0.2, 0.25) is 5.02 Å². The summed E-state index contributed by atoms with van der Waals surface area (Å²) >= 11 is 5.87. The third kappa shape index (κ3) is 6.86. The molecule has 1 aliphatic carbocycles. The Labute approximate surface area is 201 Å². The molecule has 0 amide bonds. The van der Waals surface area contributed by atoms with Crippen LogP contribution in [-0.4, -0.2) is 17.1 Å². The Morgan fingerprint density at radius 3 is 2.45 bits per heavy atom. The summed E-state index contributed by atoms with van der Waals surface area (Å²) in [7, 11) is 0. The number of anilines is 3. The minimum atomic E-state index is -0.810. The van der Waals surface area contributed by atoms with Gasteiger partial charge in [0.15, 0.2) is 0 Å². The first-order valence-corrected chi connectivity index (χ1v) is 12.5. The molecule has 2 aromatic rings. The van der Waals surface area contributed by atoms with Gasteiger partial charge in [0.05, 0.1) is 22.8 Å². The van der Waals surface area contributed by atoms with Gasteiger partial charge in [0, 0.05) is 11.7 Å². The summed E-state index contributed by atoms with van der Waals surface area (Å²) in [6, 6.07) is 11.1. The normalized spacial score (nSPS) is 16.4. The molecule has 0 aromatic heterocycles. The molecule has 0 bridgehead atoms. The fraction of sp³-hybridized carbons (Fsp3) is 0.519. The number of rotatable bonds is 10. The molecule has 3 rings (SSSR count). The molecule has 2 atom stereocenters. The van der Waals surface area contributed by atoms with Gasteiger partial charge in [-0.15, -0.1) is 0 Å². The van der Waals surface area contributed by atoms with Crippen LogP contribution < -0.4 is 10.6 Å². The first-order chi connectivity index (χ1) is 15.8. The Morgan fingerprint density at radius 1 is 1.12 bits per heavy atom. The zero-order valence-corrected chi connectivity index (χ0v) is 20.6. The van der Waals surface area contributed by atoms with Gasteiger partial charge in [-0.3, -0.25) is 4.79 Å². The van der Waals surface area contributed by atoms with E-state index in [2.05, 4.69) is 24.5 Å². The molecule has 2 aromatic carbocycles. The van der Waals surface area contributed by atoms with E-state index in [0.717, 1.165) is 23.4 Å². The Hall–Kier alpha value is -2.27. The number of halogens is 2. The SMILES string of the molecule is CCC(CC(=O)O)c1ccc(NC(C(C)C)C2CCCCC2)c(Nc2ccc(Cl)c(F)c2)c1. The van der Waals surface area contributed by atoms with Gasteiger partial charge in [-0.05, 0) is 72.9 Å². The van der Waals surface area contributed by atoms with Crippen LogP contribution in [0.15, 0.2) is 36.4 Å². The fourth-order valence-corrected chi connectivity index (χ4v) is 5.10. The van der Waals surface area contributed by atoms with Gasteiger partial charge in [-0.25, -0.2) is 4.39 Å². The highest BCUT2D eigenvalue weighted by Gasteiger charge is 2.27. The van der Waals surface area contributed by atoms with E-state index in [1.165, 1.54) is 44.2 Å². The number of carboxylic acids is 1. The monoisotopic (exact) mass is 474 g/mol. The summed E-state index contributed by atoms with van der Waals surface area (Å²) < 4.78 is 14.1. The summed E-state index contributed by atoms with van der Waals surface area (Å²) in [6.45, 7) is 6.50. The zero-order chi connectivity index (χ0) is 24.0. The molecule has 0 spiro atoms. The first kappa shape index (κ1) is 25.4. The highest BCUT2D eigenvalue weighted by molar-refractivity contribution is 6.30. The molecule has 4 nitrogen and oxygen atoms in total. The van der Waals surface area contributed by atoms with E-state index in [-0.39, 0.29) is 17.4 Å². The van der Waals surface area contributed by atoms with Crippen molar-refractivity contribution < 1.29 is 14.3 Å². The number of carbonyl (C=O) groups is 1. The van der Waals surface area contributed by atoms with Crippen LogP contribution in [0.3, 0.4) is 0 Å². The first-order valence-electron chi connectivity index (χ1n) is 12.1. The minimum Gasteiger partial charge on any atom is -0.481 e. The van der Waals surface area contributed by atoms with Crippen molar-refractivity contribution in [1.82, 2.24) is 0 Å². The quantitative estimate of drug-likeness (QED) is 0.324. The fourth-order valence-electron chi connectivity index (χ4n) is 4.98. The number of benzene rings is 2. The van der Waals surface area contributed by atoms with Crippen molar-refractivity contribution >= 4 is 34.6 Å². The second-order valence-electron chi connectivity index (χ2n) is 9.57. The molecule has 0 radical (unpaired) electrons. The van der Waals surface area contributed by atoms with E-state index in [1.807, 2.05) is 25.1 Å². The van der Waals surface area contributed by atoms with Gasteiger partial charge in [-0.2, -0.15) is 0 Å². The standard InChI is InChI=1S/C27H36ClFN2O2/c1-4-18(15-26(32)33)20-10-13-24(31-27(17(2)3)19-8-6-5-7-9-19)25(14-20)30-21-11-12-22(28)23(29)16-21/h10-14,16-19,27,30-31H,4-9,15H2,1-3H3,(H,32,33). The molecule has 2 unspecified atom stereocenters. The topological polar surface area (TPSA) is 61.4 Å². The summed E-state index contributed by atoms with van der Waals surface area (Å²) in [5.41, 5.74) is 3.33. The highest BCUT2D eigenvalue weighted by Crippen LogP contribution is 2.37. The molecule has 1 aliphatic rings. The minimum absolute atomic E-state index is 0.0784. The molecule has 1 saturated carbocycles. The Balaban J connectivity index is 1.96. The maximum absolute atomic E-state index is 14.1. The van der Waals surface area contributed by atoms with Crippen LogP contribution in [-0.2, 0) is 4.79 Å². The lowest BCUT2D eigenvalue weighted by Crippen LogP contribution is -2.35. The van der Waals surface area contributed by atoms with Crippen LogP contribution in [0.1, 0.15) is 77.2 Å². The number of carboxylic acid groups (broad SMARTS) is 1. The van der Waals surface area contributed by atoms with Crippen LogP contribution in [0.5, 0.6) is 0 Å². The molecule has 180 valence electrons. The summed E-state index contributed by atoms with van der Waals surface area (Å²) in [5.74, 6) is -0.292. The van der Waals surface area contributed by atoms with Gasteiger partial charge in [0.25, 0.3) is 0 Å². The molecule has 0 saturated heterocycles. The summed E-state index contributed by atoms with van der Waals surface area (Å²) in [6.07, 6.45) is 7.13. The lowest BCUT2D eigenvalue weighted by atomic mass is 9.79. The maximum Gasteiger partial charge on any atom is 0.303 e. The van der Waals surface area contributed by atoms with Crippen LogP contribution >= 0.6 is 11.6 Å². The second-order valence-corrected chi connectivity index (χ2v) is 9.98. The van der Waals surface area contributed by atoms with Crippen molar-refractivity contribution in [3.8, 4) is 0 Å². The molecule has 0 heterocycles. The molecular formula is C27H36ClFN2O2. The molecule has 0 aliphatic heterocycles. The van der Waals surface area contributed by atoms with Crippen molar-refractivity contribution in [2.24, 2.45) is 11.8 Å². The van der Waals surface area contributed by atoms with E-state index < -0.39 is 11.8 Å². The molecule has 1 fully saturated rings. The number of hydrogen-bond acceptors (Lipinski definition) is 3. The van der Waals surface area contributed by atoms with Crippen molar-refractivity contribution in [2.45, 2.75) is 77.7 Å². The van der Waals surface area contributed by atoms with Crippen LogP contribution in [0.25, 0.3) is 0 Å². The highest BCUT2D eigenvalue weighted by atomic mass is 35.5. The number of nitrogens with one attached hydrogen (secondary N) is 2. The molecule has 33 heavy (non-hydrogen) atoms. The van der Waals surface area contributed by atoms with Crippen molar-refractivity contribution in [3.05, 3.63) is 52.8 Å². The predicted molar refractivity (Wildman–Crippen MR) is 135 cm³/mol. The van der Waals surface area contributed by atoms with Gasteiger partial charge in [-0.1, -0.05) is 57.7 Å². The zero-order valence-electron chi connectivity index (χ0n) is 19.8. The average molecular weight is 475 g/mol. The van der Waals surface area contributed by atoms with Crippen molar-refractivity contribution in [1.29, 1.82) is 0 Å². The Bertz CT molecular complexity index is 944. The van der Waals surface area contributed by atoms with Gasteiger partial charge >= 0.3 is 5.97 Å². The van der Waals surface area contributed by atoms with Gasteiger partial charge in [0.1, 0.15) is 5.82 Å². The van der Waals surface area contributed by atoms with Gasteiger partial charge in [0.2, 0.25) is 0 Å². The predicted octanol–water partition coefficient (Wildman–Crippen LogP) is 8.21. The average Bonchev–Trinajstić information content (AvgIpc) is 2.79. The number of hydrogen-bond donors (Lipinski definition) is 3. The van der Waals surface area contributed by atoms with Crippen molar-refractivity contribution in [2.75, 3.05) is 10.6 Å². The van der Waals surface area contributed by atoms with E-state index in [0.29, 0.717) is 23.6 Å². The molecule has 6 heteroatoms. The lowest BCUT2D eigenvalue weighted by molar-refractivity contribution is -0.137. The third-order valence-electron chi connectivity index (χ3n) is 6.83. The van der Waals surface area contributed by atoms with E-state index in [4.69, 9.17) is 11.6 Å². The Morgan fingerprint density at radius 2 is 1.85 bits per heavy atom. The molecule has 3 N–H and O–H groups in total. The van der Waals surface area contributed by atoms with Gasteiger partial charge < -0.3 is 15.7 Å². The third-order valence-corrected chi connectivity index (χ3v) is 7.13. The van der Waals surface area contributed by atoms with E-state index in [1.54, 1.807) is 6.07 Å². The lowest BCUT2D eigenvalue weighted by Gasteiger charge is -2.35. The van der Waals surface area contributed by atoms with Crippen LogP contribution in [0, 0.1) is 17.7 Å².